The molecule has 266 valence electrons. The summed E-state index contributed by atoms with van der Waals surface area (Å²) in [6.45, 7) is 0. The van der Waals surface area contributed by atoms with Crippen molar-refractivity contribution in [2.75, 3.05) is 0 Å². The third-order valence-electron chi connectivity index (χ3n) is 11.8. The van der Waals surface area contributed by atoms with Crippen molar-refractivity contribution in [3.63, 3.8) is 0 Å². The zero-order valence-corrected chi connectivity index (χ0v) is 31.0. The van der Waals surface area contributed by atoms with E-state index in [4.69, 9.17) is 0 Å². The zero-order chi connectivity index (χ0) is 37.5. The lowest BCUT2D eigenvalue weighted by molar-refractivity contribution is 1.17. The van der Waals surface area contributed by atoms with Gasteiger partial charge in [-0.3, -0.25) is 0 Å². The van der Waals surface area contributed by atoms with Crippen LogP contribution in [0.4, 0.5) is 0 Å². The molecule has 0 bridgehead atoms. The summed E-state index contributed by atoms with van der Waals surface area (Å²) in [6, 6.07) is 77.4. The molecule has 0 atom stereocenters. The molecule has 0 N–H and O–H groups in total. The number of hydrogen-bond donors (Lipinski definition) is 0. The molecule has 57 heavy (non-hydrogen) atoms. The fraction of sp³-hybridized carbons (Fsp3) is 0. The third kappa shape index (κ3) is 4.60. The minimum atomic E-state index is 1.14. The van der Waals surface area contributed by atoms with Gasteiger partial charge in [-0.25, -0.2) is 0 Å². The Bertz CT molecular complexity index is 3510. The van der Waals surface area contributed by atoms with E-state index < -0.39 is 0 Å². The quantitative estimate of drug-likeness (QED) is 0.168. The molecule has 3 nitrogen and oxygen atoms in total. The molecule has 0 saturated heterocycles. The molecule has 0 aliphatic carbocycles. The molecule has 0 radical (unpaired) electrons. The predicted octanol–water partition coefficient (Wildman–Crippen LogP) is 14.3. The molecular formula is C54H35N3. The Morgan fingerprint density at radius 2 is 0.737 bits per heavy atom. The monoisotopic (exact) mass is 725 g/mol. The Morgan fingerprint density at radius 1 is 0.246 bits per heavy atom. The van der Waals surface area contributed by atoms with E-state index in [9.17, 15) is 0 Å². The molecular weight excluding hydrogens is 691 g/mol. The normalized spacial score (nSPS) is 11.9. The highest BCUT2D eigenvalue weighted by atomic mass is 15.0. The van der Waals surface area contributed by atoms with Crippen LogP contribution in [-0.2, 0) is 0 Å². The molecule has 0 aliphatic rings. The summed E-state index contributed by atoms with van der Waals surface area (Å²) < 4.78 is 7.45. The van der Waals surface area contributed by atoms with Gasteiger partial charge in [0.05, 0.1) is 44.5 Å². The van der Waals surface area contributed by atoms with Gasteiger partial charge < -0.3 is 13.7 Å². The van der Waals surface area contributed by atoms with E-state index >= 15 is 0 Å². The van der Waals surface area contributed by atoms with Gasteiger partial charge in [0.2, 0.25) is 0 Å². The average Bonchev–Trinajstić information content (AvgIpc) is 3.93. The lowest BCUT2D eigenvalue weighted by atomic mass is 9.99. The van der Waals surface area contributed by atoms with Crippen LogP contribution in [0.15, 0.2) is 212 Å². The Morgan fingerprint density at radius 3 is 1.46 bits per heavy atom. The topological polar surface area (TPSA) is 14.8 Å². The van der Waals surface area contributed by atoms with Crippen LogP contribution in [0, 0.1) is 0 Å². The fourth-order valence-electron chi connectivity index (χ4n) is 9.53. The van der Waals surface area contributed by atoms with E-state index in [0.717, 1.165) is 17.1 Å². The summed E-state index contributed by atoms with van der Waals surface area (Å²) in [5, 5.41) is 7.47. The minimum Gasteiger partial charge on any atom is -0.309 e. The van der Waals surface area contributed by atoms with Gasteiger partial charge in [-0.05, 0) is 54.1 Å². The number of hydrogen-bond acceptors (Lipinski definition) is 0. The first-order valence-corrected chi connectivity index (χ1v) is 19.6. The molecule has 0 aliphatic heterocycles. The van der Waals surface area contributed by atoms with E-state index in [2.05, 4.69) is 226 Å². The second-order valence-corrected chi connectivity index (χ2v) is 14.9. The first-order valence-electron chi connectivity index (χ1n) is 19.6. The molecule has 3 heterocycles. The SMILES string of the molecule is c1ccc(-c2ccccc2-n2c3ccccc3c3cccc(-c4ccccc4-n4c5ccccc5c5c4ccc4c6ccccc6n(-c6ccccc6)c45)c32)cc1. The third-order valence-corrected chi connectivity index (χ3v) is 11.8. The molecule has 0 saturated carbocycles. The molecule has 3 aromatic heterocycles. The van der Waals surface area contributed by atoms with Crippen LogP contribution in [0.5, 0.6) is 0 Å². The summed E-state index contributed by atoms with van der Waals surface area (Å²) in [4.78, 5) is 0. The molecule has 0 fully saturated rings. The summed E-state index contributed by atoms with van der Waals surface area (Å²) in [5.41, 5.74) is 15.4. The lowest BCUT2D eigenvalue weighted by Crippen LogP contribution is -2.01. The highest BCUT2D eigenvalue weighted by Crippen LogP contribution is 2.45. The number of para-hydroxylation sites is 7. The van der Waals surface area contributed by atoms with Gasteiger partial charge in [-0.15, -0.1) is 0 Å². The number of benzene rings is 9. The van der Waals surface area contributed by atoms with E-state index in [1.807, 2.05) is 0 Å². The molecule has 3 heteroatoms. The molecule has 12 aromatic rings. The van der Waals surface area contributed by atoms with Crippen LogP contribution in [0.1, 0.15) is 0 Å². The maximum atomic E-state index is 2.50. The number of aromatic nitrogens is 3. The van der Waals surface area contributed by atoms with Crippen molar-refractivity contribution >= 4 is 65.4 Å². The first-order chi connectivity index (χ1) is 28.3. The van der Waals surface area contributed by atoms with Crippen molar-refractivity contribution in [3.05, 3.63) is 212 Å². The molecule has 0 unspecified atom stereocenters. The standard InChI is InChI=1S/C54H35N3/c1-3-18-36(19-4-1)38-22-7-12-29-46(38)57-49-32-15-10-24-40(49)43-28-17-27-42(53(43)57)39-23-9-14-31-48(39)56-50-33-16-11-26-45(50)52-51(56)35-34-44-41-25-8-13-30-47(41)55(54(44)52)37-20-5-2-6-21-37/h1-35H. The minimum absolute atomic E-state index is 1.14. The van der Waals surface area contributed by atoms with Crippen molar-refractivity contribution in [1.29, 1.82) is 0 Å². The smallest absolute Gasteiger partial charge is 0.0641 e. The molecule has 0 spiro atoms. The zero-order valence-electron chi connectivity index (χ0n) is 31.0. The second kappa shape index (κ2) is 12.5. The Labute approximate surface area is 329 Å². The highest BCUT2D eigenvalue weighted by molar-refractivity contribution is 6.26. The van der Waals surface area contributed by atoms with Crippen LogP contribution in [0.2, 0.25) is 0 Å². The van der Waals surface area contributed by atoms with Gasteiger partial charge in [0, 0.05) is 54.7 Å². The maximum Gasteiger partial charge on any atom is 0.0641 e. The highest BCUT2D eigenvalue weighted by Gasteiger charge is 2.24. The van der Waals surface area contributed by atoms with E-state index in [1.54, 1.807) is 0 Å². The van der Waals surface area contributed by atoms with Gasteiger partial charge in [0.25, 0.3) is 0 Å². The predicted molar refractivity (Wildman–Crippen MR) is 240 cm³/mol. The molecule has 9 aromatic carbocycles. The summed E-state index contributed by atoms with van der Waals surface area (Å²) in [5.74, 6) is 0. The summed E-state index contributed by atoms with van der Waals surface area (Å²) >= 11 is 0. The van der Waals surface area contributed by atoms with Crippen LogP contribution in [0.3, 0.4) is 0 Å². The van der Waals surface area contributed by atoms with Crippen LogP contribution < -0.4 is 0 Å². The maximum absolute atomic E-state index is 2.50. The van der Waals surface area contributed by atoms with Gasteiger partial charge in [-0.1, -0.05) is 164 Å². The van der Waals surface area contributed by atoms with Gasteiger partial charge in [-0.2, -0.15) is 0 Å². The summed E-state index contributed by atoms with van der Waals surface area (Å²) in [7, 11) is 0. The molecule has 12 rings (SSSR count). The van der Waals surface area contributed by atoms with Crippen molar-refractivity contribution < 1.29 is 0 Å². The number of fused-ring (bicyclic) bond motifs is 10. The second-order valence-electron chi connectivity index (χ2n) is 14.9. The van der Waals surface area contributed by atoms with Gasteiger partial charge in [0.1, 0.15) is 0 Å². The van der Waals surface area contributed by atoms with E-state index in [0.29, 0.717) is 0 Å². The van der Waals surface area contributed by atoms with Gasteiger partial charge >= 0.3 is 0 Å². The Kier molecular flexibility index (Phi) is 6.93. The number of nitrogens with zero attached hydrogens (tertiary/aromatic N) is 3. The molecule has 0 amide bonds. The largest absolute Gasteiger partial charge is 0.309 e. The first kappa shape index (κ1) is 31.7. The van der Waals surface area contributed by atoms with Crippen LogP contribution in [0.25, 0.3) is 105 Å². The van der Waals surface area contributed by atoms with Crippen molar-refractivity contribution in [1.82, 2.24) is 13.7 Å². The average molecular weight is 726 g/mol. The van der Waals surface area contributed by atoms with Crippen molar-refractivity contribution in [3.8, 4) is 39.3 Å². The van der Waals surface area contributed by atoms with Crippen LogP contribution in [-0.4, -0.2) is 13.7 Å². The van der Waals surface area contributed by atoms with Crippen molar-refractivity contribution in [2.24, 2.45) is 0 Å². The number of rotatable bonds is 5. The van der Waals surface area contributed by atoms with Crippen molar-refractivity contribution in [2.45, 2.75) is 0 Å². The fourth-order valence-corrected chi connectivity index (χ4v) is 9.53. The van der Waals surface area contributed by atoms with Crippen LogP contribution >= 0.6 is 0 Å². The van der Waals surface area contributed by atoms with E-state index in [1.165, 1.54) is 87.7 Å². The lowest BCUT2D eigenvalue weighted by Gasteiger charge is -2.18. The van der Waals surface area contributed by atoms with Gasteiger partial charge in [0.15, 0.2) is 0 Å². The Balaban J connectivity index is 1.19. The Hall–Kier alpha value is -7.62. The summed E-state index contributed by atoms with van der Waals surface area (Å²) in [6.07, 6.45) is 0. The van der Waals surface area contributed by atoms with E-state index in [-0.39, 0.29) is 0 Å².